The number of benzene rings is 1. The van der Waals surface area contributed by atoms with Crippen LogP contribution in [0.1, 0.15) is 31.4 Å². The number of hydrogen-bond donors (Lipinski definition) is 1. The van der Waals surface area contributed by atoms with Crippen molar-refractivity contribution >= 4 is 15.9 Å². The first-order valence-electron chi connectivity index (χ1n) is 6.59. The van der Waals surface area contributed by atoms with Crippen LogP contribution in [-0.4, -0.2) is 19.8 Å². The van der Waals surface area contributed by atoms with Crippen LogP contribution in [0.25, 0.3) is 0 Å². The van der Waals surface area contributed by atoms with Crippen molar-refractivity contribution in [3.05, 3.63) is 33.8 Å². The lowest BCUT2D eigenvalue weighted by atomic mass is 9.86. The molecule has 1 aromatic rings. The Morgan fingerprint density at radius 3 is 2.68 bits per heavy atom. The standard InChI is InChI=1S/C14H18BrF2NO/c1-2-18-14(9-5-7-19-8-6-9)12-11(16)4-3-10(15)13(12)17/h3-4,9,14,18H,2,5-8H2,1H3. The van der Waals surface area contributed by atoms with Crippen LogP contribution >= 0.6 is 15.9 Å². The van der Waals surface area contributed by atoms with Crippen LogP contribution in [0.3, 0.4) is 0 Å². The minimum atomic E-state index is -0.502. The zero-order valence-electron chi connectivity index (χ0n) is 10.9. The van der Waals surface area contributed by atoms with Crippen molar-refractivity contribution in [3.8, 4) is 0 Å². The van der Waals surface area contributed by atoms with E-state index in [-0.39, 0.29) is 17.5 Å². The molecule has 19 heavy (non-hydrogen) atoms. The Bertz CT molecular complexity index is 436. The molecule has 0 radical (unpaired) electrons. The van der Waals surface area contributed by atoms with E-state index in [4.69, 9.17) is 4.74 Å². The van der Waals surface area contributed by atoms with E-state index in [1.807, 2.05) is 6.92 Å². The Morgan fingerprint density at radius 1 is 1.37 bits per heavy atom. The summed E-state index contributed by atoms with van der Waals surface area (Å²) in [6, 6.07) is 2.42. The van der Waals surface area contributed by atoms with E-state index >= 15 is 0 Å². The number of nitrogens with one attached hydrogen (secondary N) is 1. The van der Waals surface area contributed by atoms with E-state index in [2.05, 4.69) is 21.2 Å². The van der Waals surface area contributed by atoms with E-state index in [0.29, 0.717) is 24.2 Å². The summed E-state index contributed by atoms with van der Waals surface area (Å²) in [6.07, 6.45) is 1.64. The van der Waals surface area contributed by atoms with Gasteiger partial charge in [0.1, 0.15) is 11.6 Å². The van der Waals surface area contributed by atoms with Crippen molar-refractivity contribution in [1.82, 2.24) is 5.32 Å². The van der Waals surface area contributed by atoms with Crippen molar-refractivity contribution in [2.45, 2.75) is 25.8 Å². The van der Waals surface area contributed by atoms with Crippen LogP contribution in [0.4, 0.5) is 8.78 Å². The number of ether oxygens (including phenoxy) is 1. The predicted molar refractivity (Wildman–Crippen MR) is 74.0 cm³/mol. The van der Waals surface area contributed by atoms with E-state index < -0.39 is 11.6 Å². The fourth-order valence-electron chi connectivity index (χ4n) is 2.60. The average molecular weight is 334 g/mol. The highest BCUT2D eigenvalue weighted by Crippen LogP contribution is 2.35. The second-order valence-corrected chi connectivity index (χ2v) is 5.60. The number of halogens is 3. The highest BCUT2D eigenvalue weighted by atomic mass is 79.9. The molecule has 1 fully saturated rings. The summed E-state index contributed by atoms with van der Waals surface area (Å²) >= 11 is 3.13. The molecule has 106 valence electrons. The molecule has 0 saturated carbocycles. The third-order valence-corrected chi connectivity index (χ3v) is 4.16. The Labute approximate surface area is 120 Å². The highest BCUT2D eigenvalue weighted by molar-refractivity contribution is 9.10. The lowest BCUT2D eigenvalue weighted by Gasteiger charge is -2.31. The summed E-state index contributed by atoms with van der Waals surface area (Å²) in [4.78, 5) is 0. The van der Waals surface area contributed by atoms with Crippen LogP contribution in [-0.2, 0) is 4.74 Å². The summed E-state index contributed by atoms with van der Waals surface area (Å²) in [5.74, 6) is -0.789. The monoisotopic (exact) mass is 333 g/mol. The summed E-state index contributed by atoms with van der Waals surface area (Å²) in [6.45, 7) is 3.93. The summed E-state index contributed by atoms with van der Waals surface area (Å²) in [7, 11) is 0. The summed E-state index contributed by atoms with van der Waals surface area (Å²) in [5, 5.41) is 3.22. The molecule has 1 heterocycles. The smallest absolute Gasteiger partial charge is 0.145 e. The Morgan fingerprint density at radius 2 is 2.05 bits per heavy atom. The first-order valence-corrected chi connectivity index (χ1v) is 7.39. The Hall–Kier alpha value is -0.520. The van der Waals surface area contributed by atoms with Crippen molar-refractivity contribution in [2.75, 3.05) is 19.8 Å². The van der Waals surface area contributed by atoms with Gasteiger partial charge < -0.3 is 10.1 Å². The molecular formula is C14H18BrF2NO. The van der Waals surface area contributed by atoms with Gasteiger partial charge >= 0.3 is 0 Å². The zero-order chi connectivity index (χ0) is 13.8. The van der Waals surface area contributed by atoms with Crippen LogP contribution in [0.15, 0.2) is 16.6 Å². The van der Waals surface area contributed by atoms with E-state index in [1.54, 1.807) is 0 Å². The zero-order valence-corrected chi connectivity index (χ0v) is 12.5. The van der Waals surface area contributed by atoms with Gasteiger partial charge in [0.2, 0.25) is 0 Å². The summed E-state index contributed by atoms with van der Waals surface area (Å²) in [5.41, 5.74) is 0.142. The van der Waals surface area contributed by atoms with Gasteiger partial charge in [-0.15, -0.1) is 0 Å². The molecule has 0 bridgehead atoms. The minimum Gasteiger partial charge on any atom is -0.381 e. The molecule has 1 saturated heterocycles. The van der Waals surface area contributed by atoms with Crippen LogP contribution in [0.2, 0.25) is 0 Å². The van der Waals surface area contributed by atoms with E-state index in [0.717, 1.165) is 12.8 Å². The fraction of sp³-hybridized carbons (Fsp3) is 0.571. The van der Waals surface area contributed by atoms with E-state index in [9.17, 15) is 8.78 Å². The molecule has 2 nitrogen and oxygen atoms in total. The molecule has 1 aromatic carbocycles. The first-order chi connectivity index (χ1) is 9.15. The quantitative estimate of drug-likeness (QED) is 0.846. The van der Waals surface area contributed by atoms with Gasteiger partial charge in [0.05, 0.1) is 4.47 Å². The Kier molecular flexibility index (Phi) is 5.30. The van der Waals surface area contributed by atoms with Gasteiger partial charge in [-0.25, -0.2) is 8.78 Å². The van der Waals surface area contributed by atoms with Gasteiger partial charge in [0.25, 0.3) is 0 Å². The predicted octanol–water partition coefficient (Wildman–Crippen LogP) is 3.80. The lowest BCUT2D eigenvalue weighted by Crippen LogP contribution is -2.33. The average Bonchev–Trinajstić information content (AvgIpc) is 2.43. The molecule has 1 aliphatic heterocycles. The molecular weight excluding hydrogens is 316 g/mol. The van der Waals surface area contributed by atoms with Gasteiger partial charge in [0.15, 0.2) is 0 Å². The van der Waals surface area contributed by atoms with E-state index in [1.165, 1.54) is 12.1 Å². The molecule has 1 unspecified atom stereocenters. The van der Waals surface area contributed by atoms with Gasteiger partial charge in [-0.2, -0.15) is 0 Å². The maximum absolute atomic E-state index is 14.2. The fourth-order valence-corrected chi connectivity index (χ4v) is 2.95. The van der Waals surface area contributed by atoms with Crippen LogP contribution < -0.4 is 5.32 Å². The summed E-state index contributed by atoms with van der Waals surface area (Å²) < 4.78 is 33.9. The van der Waals surface area contributed by atoms with Gasteiger partial charge in [0, 0.05) is 24.8 Å². The number of hydrogen-bond acceptors (Lipinski definition) is 2. The number of rotatable bonds is 4. The maximum atomic E-state index is 14.2. The molecule has 1 N–H and O–H groups in total. The third-order valence-electron chi connectivity index (χ3n) is 3.55. The maximum Gasteiger partial charge on any atom is 0.145 e. The third kappa shape index (κ3) is 3.33. The first kappa shape index (κ1) is 14.9. The largest absolute Gasteiger partial charge is 0.381 e. The molecule has 2 rings (SSSR count). The lowest BCUT2D eigenvalue weighted by molar-refractivity contribution is 0.0528. The molecule has 5 heteroatoms. The van der Waals surface area contributed by atoms with Crippen LogP contribution in [0, 0.1) is 17.6 Å². The van der Waals surface area contributed by atoms with Crippen molar-refractivity contribution in [2.24, 2.45) is 5.92 Å². The molecule has 0 amide bonds. The minimum absolute atomic E-state index is 0.142. The molecule has 0 spiro atoms. The van der Waals surface area contributed by atoms with Crippen molar-refractivity contribution in [1.29, 1.82) is 0 Å². The molecule has 0 aliphatic carbocycles. The van der Waals surface area contributed by atoms with Crippen LogP contribution in [0.5, 0.6) is 0 Å². The SMILES string of the molecule is CCNC(c1c(F)ccc(Br)c1F)C1CCOCC1. The van der Waals surface area contributed by atoms with Gasteiger partial charge in [-0.1, -0.05) is 6.92 Å². The highest BCUT2D eigenvalue weighted by Gasteiger charge is 2.30. The molecule has 1 atom stereocenters. The Balaban J connectivity index is 2.35. The topological polar surface area (TPSA) is 21.3 Å². The van der Waals surface area contributed by atoms with Gasteiger partial charge in [-0.05, 0) is 53.4 Å². The van der Waals surface area contributed by atoms with Crippen molar-refractivity contribution < 1.29 is 13.5 Å². The van der Waals surface area contributed by atoms with Crippen molar-refractivity contribution in [3.63, 3.8) is 0 Å². The molecule has 1 aliphatic rings. The second kappa shape index (κ2) is 6.77. The normalized spacial score (nSPS) is 18.5. The molecule has 0 aromatic heterocycles. The van der Waals surface area contributed by atoms with Gasteiger partial charge in [-0.3, -0.25) is 0 Å². The second-order valence-electron chi connectivity index (χ2n) is 4.74.